The van der Waals surface area contributed by atoms with Crippen LogP contribution >= 0.6 is 0 Å². The molecule has 8 nitrogen and oxygen atoms in total. The van der Waals surface area contributed by atoms with Gasteiger partial charge in [0.15, 0.2) is 11.2 Å². The number of hydrogen-bond acceptors (Lipinski definition) is 5. The second-order valence-corrected chi connectivity index (χ2v) is 9.33. The van der Waals surface area contributed by atoms with Crippen molar-refractivity contribution in [1.82, 2.24) is 18.1 Å². The molecule has 3 rings (SSSR count). The molecule has 0 amide bonds. The van der Waals surface area contributed by atoms with Crippen molar-refractivity contribution in [3.05, 3.63) is 68.6 Å². The van der Waals surface area contributed by atoms with Gasteiger partial charge < -0.3 is 0 Å². The zero-order valence-electron chi connectivity index (χ0n) is 17.6. The van der Waals surface area contributed by atoms with Crippen LogP contribution in [0.1, 0.15) is 39.2 Å². The minimum Gasteiger partial charge on any atom is -0.276 e. The molecule has 0 saturated carbocycles. The molecular weight excluding hydrogens is 404 g/mol. The van der Waals surface area contributed by atoms with Crippen LogP contribution < -0.4 is 11.2 Å². The van der Waals surface area contributed by atoms with Crippen LogP contribution in [0.15, 0.2) is 56.7 Å². The molecule has 30 heavy (non-hydrogen) atoms. The average Bonchev–Trinajstić information content (AvgIpc) is 3.14. The Kier molecular flexibility index (Phi) is 6.12. The number of rotatable bonds is 7. The van der Waals surface area contributed by atoms with Gasteiger partial charge >= 0.3 is 5.69 Å². The fourth-order valence-electron chi connectivity index (χ4n) is 3.12. The first-order valence-electron chi connectivity index (χ1n) is 9.84. The van der Waals surface area contributed by atoms with E-state index in [1.807, 2.05) is 27.7 Å². The Balaban J connectivity index is 2.34. The van der Waals surface area contributed by atoms with E-state index in [1.54, 1.807) is 18.2 Å². The van der Waals surface area contributed by atoms with Crippen LogP contribution in [-0.2, 0) is 23.1 Å². The van der Waals surface area contributed by atoms with Crippen LogP contribution in [0, 0.1) is 6.92 Å². The molecule has 0 spiro atoms. The van der Waals surface area contributed by atoms with Crippen molar-refractivity contribution < 1.29 is 8.42 Å². The normalized spacial score (nSPS) is 11.7. The third-order valence-corrected chi connectivity index (χ3v) is 6.54. The van der Waals surface area contributed by atoms with E-state index in [9.17, 15) is 18.0 Å². The maximum Gasteiger partial charge on any atom is 0.333 e. The zero-order valence-corrected chi connectivity index (χ0v) is 18.4. The number of fused-ring (bicyclic) bond motifs is 1. The van der Waals surface area contributed by atoms with Gasteiger partial charge in [0.25, 0.3) is 15.6 Å². The van der Waals surface area contributed by atoms with Crippen molar-refractivity contribution in [3.63, 3.8) is 0 Å². The minimum atomic E-state index is -4.05. The lowest BCUT2D eigenvalue weighted by Crippen LogP contribution is -2.40. The number of aromatic nitrogens is 4. The first-order valence-corrected chi connectivity index (χ1v) is 11.3. The van der Waals surface area contributed by atoms with Crippen LogP contribution in [0.3, 0.4) is 0 Å². The highest BCUT2D eigenvalue weighted by atomic mass is 32.2. The van der Waals surface area contributed by atoms with Gasteiger partial charge in [-0.05, 0) is 39.3 Å². The maximum atomic E-state index is 13.2. The number of allylic oxidation sites excluding steroid dienone is 2. The average molecular weight is 431 g/mol. The lowest BCUT2D eigenvalue weighted by atomic mass is 10.2. The van der Waals surface area contributed by atoms with Gasteiger partial charge in [0, 0.05) is 13.1 Å². The summed E-state index contributed by atoms with van der Waals surface area (Å²) in [5.41, 5.74) is 0.671. The highest BCUT2D eigenvalue weighted by Gasteiger charge is 2.25. The molecule has 0 saturated heterocycles. The van der Waals surface area contributed by atoms with Crippen molar-refractivity contribution in [2.24, 2.45) is 0 Å². The molecule has 0 atom stereocenters. The number of unbranched alkanes of at least 4 members (excludes halogenated alkanes) is 1. The Morgan fingerprint density at radius 2 is 1.77 bits per heavy atom. The predicted molar refractivity (Wildman–Crippen MR) is 116 cm³/mol. The van der Waals surface area contributed by atoms with E-state index in [0.29, 0.717) is 13.0 Å². The Labute approximate surface area is 175 Å². The molecule has 0 aliphatic rings. The molecule has 0 N–H and O–H groups in total. The smallest absolute Gasteiger partial charge is 0.276 e. The van der Waals surface area contributed by atoms with E-state index in [1.165, 1.54) is 16.7 Å². The summed E-state index contributed by atoms with van der Waals surface area (Å²) in [5, 5.41) is 0. The Hall–Kier alpha value is -2.94. The fraction of sp³-hybridized carbons (Fsp3) is 0.381. The fourth-order valence-corrected chi connectivity index (χ4v) is 4.40. The minimum absolute atomic E-state index is 0.0500. The summed E-state index contributed by atoms with van der Waals surface area (Å²) in [6.45, 7) is 8.00. The van der Waals surface area contributed by atoms with Gasteiger partial charge in [0.2, 0.25) is 0 Å². The summed E-state index contributed by atoms with van der Waals surface area (Å²) in [6.07, 6.45) is 4.40. The van der Waals surface area contributed by atoms with Crippen molar-refractivity contribution in [3.8, 4) is 0 Å². The molecule has 2 aromatic heterocycles. The van der Waals surface area contributed by atoms with Crippen molar-refractivity contribution in [2.45, 2.75) is 58.5 Å². The summed E-state index contributed by atoms with van der Waals surface area (Å²) >= 11 is 0. The lowest BCUT2D eigenvalue weighted by Gasteiger charge is -2.12. The molecule has 0 aliphatic carbocycles. The van der Waals surface area contributed by atoms with Gasteiger partial charge in [-0.3, -0.25) is 13.9 Å². The van der Waals surface area contributed by atoms with E-state index in [0.717, 1.165) is 32.4 Å². The summed E-state index contributed by atoms with van der Waals surface area (Å²) in [6, 6.07) is 6.36. The molecule has 1 aromatic carbocycles. The van der Waals surface area contributed by atoms with Crippen molar-refractivity contribution >= 4 is 21.2 Å². The monoisotopic (exact) mass is 430 g/mol. The van der Waals surface area contributed by atoms with Crippen molar-refractivity contribution in [2.75, 3.05) is 0 Å². The number of hydrogen-bond donors (Lipinski definition) is 0. The van der Waals surface area contributed by atoms with Crippen molar-refractivity contribution in [1.29, 1.82) is 0 Å². The summed E-state index contributed by atoms with van der Waals surface area (Å²) in [7, 11) is -4.05. The third-order valence-electron chi connectivity index (χ3n) is 4.88. The Bertz CT molecular complexity index is 1320. The van der Waals surface area contributed by atoms with E-state index < -0.39 is 21.3 Å². The molecule has 0 bridgehead atoms. The van der Waals surface area contributed by atoms with Gasteiger partial charge in [-0.25, -0.2) is 22.2 Å². The number of nitrogens with zero attached hydrogens (tertiary/aromatic N) is 4. The molecular formula is C21H26N4O4S. The molecule has 3 aromatic rings. The molecule has 9 heteroatoms. The highest BCUT2D eigenvalue weighted by Crippen LogP contribution is 2.18. The van der Waals surface area contributed by atoms with E-state index >= 15 is 0 Å². The molecule has 160 valence electrons. The lowest BCUT2D eigenvalue weighted by molar-refractivity contribution is 0.570. The quantitative estimate of drug-likeness (QED) is 0.537. The zero-order chi connectivity index (χ0) is 22.1. The number of benzene rings is 1. The Morgan fingerprint density at radius 3 is 2.37 bits per heavy atom. The van der Waals surface area contributed by atoms with Gasteiger partial charge in [-0.2, -0.15) is 0 Å². The summed E-state index contributed by atoms with van der Waals surface area (Å²) in [4.78, 5) is 30.4. The second-order valence-electron chi connectivity index (χ2n) is 7.52. The predicted octanol–water partition coefficient (Wildman–Crippen LogP) is 2.67. The van der Waals surface area contributed by atoms with Crippen LogP contribution in [0.25, 0.3) is 11.2 Å². The van der Waals surface area contributed by atoms with Gasteiger partial charge in [0.05, 0.1) is 4.90 Å². The van der Waals surface area contributed by atoms with Crippen LogP contribution in [0.4, 0.5) is 0 Å². The number of imidazole rings is 1. The van der Waals surface area contributed by atoms with E-state index in [4.69, 9.17) is 0 Å². The SMILES string of the molecule is CCCCn1c(=O)n(CC=C(C)C)c(=O)c2c1ncn2S(=O)(=O)c1ccc(C)cc1. The summed E-state index contributed by atoms with van der Waals surface area (Å²) < 4.78 is 29.8. The highest BCUT2D eigenvalue weighted by molar-refractivity contribution is 7.90. The third kappa shape index (κ3) is 3.89. The maximum absolute atomic E-state index is 13.2. The van der Waals surface area contributed by atoms with E-state index in [2.05, 4.69) is 4.98 Å². The van der Waals surface area contributed by atoms with E-state index in [-0.39, 0.29) is 22.6 Å². The largest absolute Gasteiger partial charge is 0.333 e. The van der Waals surface area contributed by atoms with Gasteiger partial charge in [-0.15, -0.1) is 0 Å². The molecule has 0 radical (unpaired) electrons. The first-order chi connectivity index (χ1) is 14.2. The molecule has 0 aliphatic heterocycles. The standard InChI is InChI=1S/C21H26N4O4S/c1-5-6-12-23-19-18(20(26)24(21(23)27)13-11-15(2)3)25(14-22-19)30(28,29)17-9-7-16(4)8-10-17/h7-11,14H,5-6,12-13H2,1-4H3. The summed E-state index contributed by atoms with van der Waals surface area (Å²) in [5.74, 6) is 0. The van der Waals surface area contributed by atoms with Crippen LogP contribution in [-0.4, -0.2) is 26.5 Å². The van der Waals surface area contributed by atoms with Gasteiger partial charge in [-0.1, -0.05) is 42.7 Å². The topological polar surface area (TPSA) is 96.0 Å². The van der Waals surface area contributed by atoms with Crippen LogP contribution in [0.5, 0.6) is 0 Å². The molecule has 2 heterocycles. The molecule has 0 unspecified atom stereocenters. The second kappa shape index (κ2) is 8.43. The van der Waals surface area contributed by atoms with Crippen LogP contribution in [0.2, 0.25) is 0 Å². The van der Waals surface area contributed by atoms with Gasteiger partial charge in [0.1, 0.15) is 6.33 Å². The Morgan fingerprint density at radius 1 is 1.10 bits per heavy atom. The number of aryl methyl sites for hydroxylation is 2. The molecule has 0 fully saturated rings. The first kappa shape index (κ1) is 21.8.